The van der Waals surface area contributed by atoms with Crippen molar-refractivity contribution in [1.29, 1.82) is 10.5 Å². The van der Waals surface area contributed by atoms with Crippen LogP contribution in [0, 0.1) is 45.8 Å². The highest BCUT2D eigenvalue weighted by Crippen LogP contribution is 2.47. The first-order valence-electron chi connectivity index (χ1n) is 9.86. The van der Waals surface area contributed by atoms with Gasteiger partial charge in [-0.25, -0.2) is 4.79 Å². The lowest BCUT2D eigenvalue weighted by Crippen LogP contribution is -2.50. The van der Waals surface area contributed by atoms with E-state index in [1.54, 1.807) is 11.0 Å². The Labute approximate surface area is 177 Å². The first kappa shape index (κ1) is 23.0. The summed E-state index contributed by atoms with van der Waals surface area (Å²) in [5.74, 6) is 4.66. The molecule has 1 unspecified atom stereocenters. The topological polar surface area (TPSA) is 103 Å². The number of nitrogens with zero attached hydrogens (tertiary/aromatic N) is 3. The fourth-order valence-electron chi connectivity index (χ4n) is 3.92. The van der Waals surface area contributed by atoms with Crippen molar-refractivity contribution in [3.8, 4) is 24.0 Å². The molecule has 7 heteroatoms. The molecule has 2 aliphatic heterocycles. The van der Waals surface area contributed by atoms with Crippen molar-refractivity contribution in [3.63, 3.8) is 0 Å². The summed E-state index contributed by atoms with van der Waals surface area (Å²) in [6.45, 7) is 10.5. The van der Waals surface area contributed by atoms with Gasteiger partial charge in [0.25, 0.3) is 0 Å². The van der Waals surface area contributed by atoms with Gasteiger partial charge in [-0.1, -0.05) is 24.0 Å². The number of hydrogen-bond acceptors (Lipinski definition) is 6. The van der Waals surface area contributed by atoms with Gasteiger partial charge in [0, 0.05) is 25.3 Å². The van der Waals surface area contributed by atoms with Crippen LogP contribution in [-0.4, -0.2) is 41.3 Å². The quantitative estimate of drug-likeness (QED) is 0.400. The molecular weight excluding hydrogens is 382 g/mol. The minimum atomic E-state index is -1.47. The number of carbonyl (C=O) groups is 2. The molecule has 2 bridgehead atoms. The first-order valence-corrected chi connectivity index (χ1v) is 9.86. The van der Waals surface area contributed by atoms with E-state index in [2.05, 4.69) is 30.6 Å². The van der Waals surface area contributed by atoms with Crippen molar-refractivity contribution in [1.82, 2.24) is 4.90 Å². The fourth-order valence-corrected chi connectivity index (χ4v) is 3.92. The van der Waals surface area contributed by atoms with Crippen LogP contribution in [0.15, 0.2) is 24.3 Å². The van der Waals surface area contributed by atoms with Crippen LogP contribution in [-0.2, 0) is 14.3 Å². The van der Waals surface area contributed by atoms with Gasteiger partial charge in [0.15, 0.2) is 12.0 Å². The number of esters is 1. The maximum Gasteiger partial charge on any atom is 0.411 e. The zero-order chi connectivity index (χ0) is 22.5. The highest BCUT2D eigenvalue weighted by molar-refractivity contribution is 5.71. The number of fused-ring (bicyclic) bond motifs is 2. The zero-order valence-electron chi connectivity index (χ0n) is 17.9. The largest absolute Gasteiger partial charge is 0.453 e. The van der Waals surface area contributed by atoms with Crippen LogP contribution in [0.3, 0.4) is 0 Å². The Kier molecular flexibility index (Phi) is 6.96. The summed E-state index contributed by atoms with van der Waals surface area (Å²) >= 11 is 0. The molecule has 0 radical (unpaired) electrons. The van der Waals surface area contributed by atoms with Crippen LogP contribution >= 0.6 is 0 Å². The Balaban J connectivity index is 2.35. The standard InChI is InChI=1S/C23H27N3O4/c1-6-18-19(23(14-24,15-25)11-7-8-12-29-16(2)27)13-17-9-10-20(18)26(17)21(28)30-22(3,4)5/h6,13,17-18,20H,1,9-12H2,2-5H3/t17?,18-,20+/m1/s1. The van der Waals surface area contributed by atoms with Crippen LogP contribution in [0.25, 0.3) is 0 Å². The van der Waals surface area contributed by atoms with Crippen molar-refractivity contribution in [2.45, 2.75) is 64.6 Å². The van der Waals surface area contributed by atoms with Crippen molar-refractivity contribution in [3.05, 3.63) is 24.3 Å². The molecule has 158 valence electrons. The second-order valence-corrected chi connectivity index (χ2v) is 8.42. The Morgan fingerprint density at radius 1 is 1.27 bits per heavy atom. The van der Waals surface area contributed by atoms with Crippen molar-refractivity contribution >= 4 is 12.1 Å². The number of carbonyl (C=O) groups excluding carboxylic acids is 2. The molecular formula is C23H27N3O4. The third-order valence-electron chi connectivity index (χ3n) is 5.18. The van der Waals surface area contributed by atoms with Crippen molar-refractivity contribution < 1.29 is 19.1 Å². The number of hydrogen-bond donors (Lipinski definition) is 0. The molecule has 7 nitrogen and oxygen atoms in total. The lowest BCUT2D eigenvalue weighted by Gasteiger charge is -2.41. The van der Waals surface area contributed by atoms with Crippen LogP contribution in [0.2, 0.25) is 0 Å². The summed E-state index contributed by atoms with van der Waals surface area (Å²) in [5.41, 5.74) is -1.47. The molecule has 3 atom stereocenters. The molecule has 0 N–H and O–H groups in total. The monoisotopic (exact) mass is 409 g/mol. The SMILES string of the molecule is C=C[C@@H]1C(C(C#N)(C#N)CC#CCOC(C)=O)=CC2CC[C@@H]1N2C(=O)OC(C)(C)C. The molecule has 0 aromatic carbocycles. The smallest absolute Gasteiger partial charge is 0.411 e. The molecule has 1 fully saturated rings. The van der Waals surface area contributed by atoms with Crippen LogP contribution in [0.1, 0.15) is 47.0 Å². The highest BCUT2D eigenvalue weighted by atomic mass is 16.6. The van der Waals surface area contributed by atoms with Gasteiger partial charge >= 0.3 is 12.1 Å². The lowest BCUT2D eigenvalue weighted by molar-refractivity contribution is -0.139. The Morgan fingerprint density at radius 2 is 1.93 bits per heavy atom. The number of nitriles is 2. The average Bonchev–Trinajstić information content (AvgIpc) is 2.98. The van der Waals surface area contributed by atoms with Gasteiger partial charge in [0.1, 0.15) is 5.60 Å². The van der Waals surface area contributed by atoms with Gasteiger partial charge in [-0.05, 0) is 39.2 Å². The van der Waals surface area contributed by atoms with Crippen molar-refractivity contribution in [2.24, 2.45) is 11.3 Å². The van der Waals surface area contributed by atoms with Gasteiger partial charge in [-0.2, -0.15) is 10.5 Å². The van der Waals surface area contributed by atoms with E-state index in [9.17, 15) is 20.1 Å². The van der Waals surface area contributed by atoms with Crippen LogP contribution < -0.4 is 0 Å². The fraction of sp³-hybridized carbons (Fsp3) is 0.565. The Morgan fingerprint density at radius 3 is 2.47 bits per heavy atom. The Bertz CT molecular complexity index is 875. The lowest BCUT2D eigenvalue weighted by atomic mass is 9.70. The van der Waals surface area contributed by atoms with E-state index in [1.807, 2.05) is 26.8 Å². The van der Waals surface area contributed by atoms with Gasteiger partial charge in [0.05, 0.1) is 18.2 Å². The average molecular weight is 409 g/mol. The zero-order valence-corrected chi connectivity index (χ0v) is 17.9. The second-order valence-electron chi connectivity index (χ2n) is 8.42. The molecule has 0 spiro atoms. The molecule has 0 aromatic heterocycles. The molecule has 0 aliphatic carbocycles. The molecule has 0 saturated carbocycles. The minimum Gasteiger partial charge on any atom is -0.453 e. The van der Waals surface area contributed by atoms with E-state index in [1.165, 1.54) is 6.92 Å². The van der Waals surface area contributed by atoms with E-state index in [-0.39, 0.29) is 31.0 Å². The molecule has 30 heavy (non-hydrogen) atoms. The molecule has 2 rings (SSSR count). The highest BCUT2D eigenvalue weighted by Gasteiger charge is 2.51. The van der Waals surface area contributed by atoms with E-state index >= 15 is 0 Å². The number of ether oxygens (including phenoxy) is 2. The minimum absolute atomic E-state index is 0.0245. The van der Waals surface area contributed by atoms with Crippen LogP contribution in [0.5, 0.6) is 0 Å². The third kappa shape index (κ3) is 4.84. The summed E-state index contributed by atoms with van der Waals surface area (Å²) < 4.78 is 10.3. The normalized spacial score (nSPS) is 22.5. The van der Waals surface area contributed by atoms with E-state index in [4.69, 9.17) is 9.47 Å². The summed E-state index contributed by atoms with van der Waals surface area (Å²) in [6, 6.07) is 3.79. The van der Waals surface area contributed by atoms with Gasteiger partial charge in [-0.3, -0.25) is 9.69 Å². The summed E-state index contributed by atoms with van der Waals surface area (Å²) in [4.78, 5) is 25.3. The summed E-state index contributed by atoms with van der Waals surface area (Å²) in [7, 11) is 0. The molecule has 0 aromatic rings. The summed E-state index contributed by atoms with van der Waals surface area (Å²) in [6.07, 6.45) is 4.54. The molecule has 2 aliphatic rings. The van der Waals surface area contributed by atoms with Gasteiger partial charge in [0.2, 0.25) is 0 Å². The predicted octanol–water partition coefficient (Wildman–Crippen LogP) is 3.49. The molecule has 1 amide bonds. The first-order chi connectivity index (χ1) is 14.1. The second kappa shape index (κ2) is 9.06. The number of amides is 1. The summed E-state index contributed by atoms with van der Waals surface area (Å²) in [5, 5.41) is 19.8. The molecule has 1 saturated heterocycles. The van der Waals surface area contributed by atoms with Crippen LogP contribution in [0.4, 0.5) is 4.79 Å². The van der Waals surface area contributed by atoms with Gasteiger partial charge < -0.3 is 9.47 Å². The van der Waals surface area contributed by atoms with Gasteiger partial charge in [-0.15, -0.1) is 6.58 Å². The van der Waals surface area contributed by atoms with E-state index in [0.29, 0.717) is 5.57 Å². The van der Waals surface area contributed by atoms with Crippen molar-refractivity contribution in [2.75, 3.05) is 6.61 Å². The number of rotatable bonds is 4. The maximum atomic E-state index is 12.8. The predicted molar refractivity (Wildman–Crippen MR) is 109 cm³/mol. The third-order valence-corrected chi connectivity index (χ3v) is 5.18. The van der Waals surface area contributed by atoms with E-state index < -0.39 is 23.1 Å². The Hall–Kier alpha value is -3.24. The molecule has 2 heterocycles. The van der Waals surface area contributed by atoms with E-state index in [0.717, 1.165) is 12.8 Å². The maximum absolute atomic E-state index is 12.8.